The van der Waals surface area contributed by atoms with Crippen molar-refractivity contribution in [2.24, 2.45) is 0 Å². The molecule has 2 rings (SSSR count). The molecule has 1 N–H and O–H groups in total. The molecule has 2 nitrogen and oxygen atoms in total. The lowest BCUT2D eigenvalue weighted by atomic mass is 10.2. The third-order valence-electron chi connectivity index (χ3n) is 2.20. The van der Waals surface area contributed by atoms with Crippen molar-refractivity contribution in [1.82, 2.24) is 0 Å². The van der Waals surface area contributed by atoms with Crippen LogP contribution in [-0.4, -0.2) is 0 Å². The highest BCUT2D eigenvalue weighted by Gasteiger charge is 2.06. The second kappa shape index (κ2) is 5.54. The standard InChI is InChI=1S/C12H8BrClN2S/c13-8-4-9(17-7-8)6-16-12-3-1-2-11(14)10(12)5-15/h1-4,7,16H,6H2. The summed E-state index contributed by atoms with van der Waals surface area (Å²) in [7, 11) is 0. The number of benzene rings is 1. The summed E-state index contributed by atoms with van der Waals surface area (Å²) in [6.07, 6.45) is 0. The summed E-state index contributed by atoms with van der Waals surface area (Å²) in [5.74, 6) is 0. The van der Waals surface area contributed by atoms with Gasteiger partial charge >= 0.3 is 0 Å². The number of thiophene rings is 1. The lowest BCUT2D eigenvalue weighted by Gasteiger charge is -2.07. The first-order valence-electron chi connectivity index (χ1n) is 4.86. The molecule has 86 valence electrons. The molecule has 0 aliphatic rings. The molecule has 0 fully saturated rings. The van der Waals surface area contributed by atoms with Crippen LogP contribution >= 0.6 is 38.9 Å². The number of hydrogen-bond acceptors (Lipinski definition) is 3. The molecule has 0 aliphatic heterocycles. The third-order valence-corrected chi connectivity index (χ3v) is 4.21. The Kier molecular flexibility index (Phi) is 4.06. The molecule has 0 unspecified atom stereocenters. The molecule has 0 amide bonds. The fraction of sp³-hybridized carbons (Fsp3) is 0.0833. The molecular weight excluding hydrogens is 320 g/mol. The monoisotopic (exact) mass is 326 g/mol. The van der Waals surface area contributed by atoms with Crippen LogP contribution in [0.2, 0.25) is 5.02 Å². The second-order valence-electron chi connectivity index (χ2n) is 3.36. The number of nitriles is 1. The van der Waals surface area contributed by atoms with E-state index in [2.05, 4.69) is 27.3 Å². The van der Waals surface area contributed by atoms with Gasteiger partial charge in [0.25, 0.3) is 0 Å². The van der Waals surface area contributed by atoms with Crippen LogP contribution in [0.4, 0.5) is 5.69 Å². The first-order valence-corrected chi connectivity index (χ1v) is 6.91. The lowest BCUT2D eigenvalue weighted by molar-refractivity contribution is 1.19. The molecule has 5 heteroatoms. The van der Waals surface area contributed by atoms with E-state index < -0.39 is 0 Å². The summed E-state index contributed by atoms with van der Waals surface area (Å²) in [6, 6.07) is 9.55. The van der Waals surface area contributed by atoms with Gasteiger partial charge < -0.3 is 5.32 Å². The smallest absolute Gasteiger partial charge is 0.103 e. The minimum absolute atomic E-state index is 0.477. The summed E-state index contributed by atoms with van der Waals surface area (Å²) < 4.78 is 1.07. The number of nitrogens with one attached hydrogen (secondary N) is 1. The van der Waals surface area contributed by atoms with Gasteiger partial charge in [0.15, 0.2) is 0 Å². The highest BCUT2D eigenvalue weighted by molar-refractivity contribution is 9.10. The number of rotatable bonds is 3. The molecule has 1 aromatic carbocycles. The molecule has 2 aromatic rings. The van der Waals surface area contributed by atoms with E-state index in [0.717, 1.165) is 10.2 Å². The molecule has 1 aromatic heterocycles. The van der Waals surface area contributed by atoms with Crippen LogP contribution in [0.15, 0.2) is 34.1 Å². The van der Waals surface area contributed by atoms with Crippen molar-refractivity contribution in [1.29, 1.82) is 5.26 Å². The number of hydrogen-bond donors (Lipinski definition) is 1. The lowest BCUT2D eigenvalue weighted by Crippen LogP contribution is -1.99. The SMILES string of the molecule is N#Cc1c(Cl)cccc1NCc1cc(Br)cs1. The average molecular weight is 328 g/mol. The predicted molar refractivity (Wildman–Crippen MR) is 75.5 cm³/mol. The van der Waals surface area contributed by atoms with Crippen LogP contribution in [0.25, 0.3) is 0 Å². The Labute approximate surface area is 117 Å². The quantitative estimate of drug-likeness (QED) is 0.891. The minimum Gasteiger partial charge on any atom is -0.379 e. The van der Waals surface area contributed by atoms with E-state index in [-0.39, 0.29) is 0 Å². The van der Waals surface area contributed by atoms with Gasteiger partial charge in [-0.05, 0) is 34.1 Å². The van der Waals surface area contributed by atoms with E-state index in [4.69, 9.17) is 16.9 Å². The van der Waals surface area contributed by atoms with Gasteiger partial charge in [-0.3, -0.25) is 0 Å². The van der Waals surface area contributed by atoms with E-state index in [1.165, 1.54) is 4.88 Å². The van der Waals surface area contributed by atoms with Crippen molar-refractivity contribution < 1.29 is 0 Å². The molecule has 0 bridgehead atoms. The van der Waals surface area contributed by atoms with Gasteiger partial charge in [0, 0.05) is 21.3 Å². The Hall–Kier alpha value is -1.02. The van der Waals surface area contributed by atoms with Crippen LogP contribution in [-0.2, 0) is 6.54 Å². The van der Waals surface area contributed by atoms with Gasteiger partial charge in [0.05, 0.1) is 16.3 Å². The molecule has 0 spiro atoms. The molecule has 0 aliphatic carbocycles. The zero-order chi connectivity index (χ0) is 12.3. The van der Waals surface area contributed by atoms with Crippen molar-refractivity contribution in [3.63, 3.8) is 0 Å². The maximum Gasteiger partial charge on any atom is 0.103 e. The van der Waals surface area contributed by atoms with Crippen molar-refractivity contribution in [2.75, 3.05) is 5.32 Å². The van der Waals surface area contributed by atoms with Crippen LogP contribution in [0.1, 0.15) is 10.4 Å². The molecule has 0 atom stereocenters. The first kappa shape index (κ1) is 12.4. The second-order valence-corrected chi connectivity index (χ2v) is 5.68. The van der Waals surface area contributed by atoms with Gasteiger partial charge in [-0.1, -0.05) is 17.7 Å². The summed E-state index contributed by atoms with van der Waals surface area (Å²) in [6.45, 7) is 0.686. The van der Waals surface area contributed by atoms with E-state index in [1.807, 2.05) is 23.6 Å². The van der Waals surface area contributed by atoms with Crippen LogP contribution in [0, 0.1) is 11.3 Å². The van der Waals surface area contributed by atoms with Crippen LogP contribution in [0.5, 0.6) is 0 Å². The predicted octanol–water partition coefficient (Wildman–Crippen LogP) is 4.65. The van der Waals surface area contributed by atoms with Gasteiger partial charge in [-0.15, -0.1) is 11.3 Å². The van der Waals surface area contributed by atoms with E-state index in [1.54, 1.807) is 17.4 Å². The molecular formula is C12H8BrClN2S. The highest BCUT2D eigenvalue weighted by atomic mass is 79.9. The van der Waals surface area contributed by atoms with Crippen LogP contribution in [0.3, 0.4) is 0 Å². The maximum absolute atomic E-state index is 9.02. The zero-order valence-electron chi connectivity index (χ0n) is 8.71. The first-order chi connectivity index (χ1) is 8.20. The average Bonchev–Trinajstić information content (AvgIpc) is 2.72. The van der Waals surface area contributed by atoms with Gasteiger partial charge in [0.1, 0.15) is 6.07 Å². The fourth-order valence-electron chi connectivity index (χ4n) is 1.41. The van der Waals surface area contributed by atoms with Gasteiger partial charge in [0.2, 0.25) is 0 Å². The van der Waals surface area contributed by atoms with Gasteiger partial charge in [-0.2, -0.15) is 5.26 Å². The summed E-state index contributed by atoms with van der Waals surface area (Å²) in [5.41, 5.74) is 1.26. The summed E-state index contributed by atoms with van der Waals surface area (Å²) >= 11 is 11.0. The number of halogens is 2. The maximum atomic E-state index is 9.02. The van der Waals surface area contributed by atoms with E-state index in [9.17, 15) is 0 Å². The van der Waals surface area contributed by atoms with Crippen molar-refractivity contribution in [3.8, 4) is 6.07 Å². The Morgan fingerprint density at radius 2 is 2.29 bits per heavy atom. The van der Waals surface area contributed by atoms with E-state index in [0.29, 0.717) is 17.1 Å². The number of anilines is 1. The summed E-state index contributed by atoms with van der Waals surface area (Å²) in [5, 5.41) is 14.7. The Balaban J connectivity index is 2.14. The Morgan fingerprint density at radius 1 is 1.47 bits per heavy atom. The van der Waals surface area contributed by atoms with Crippen molar-refractivity contribution in [2.45, 2.75) is 6.54 Å². The topological polar surface area (TPSA) is 35.8 Å². The third kappa shape index (κ3) is 3.01. The Morgan fingerprint density at radius 3 is 2.94 bits per heavy atom. The normalized spacial score (nSPS) is 9.94. The minimum atomic E-state index is 0.477. The fourth-order valence-corrected chi connectivity index (χ4v) is 3.02. The Bertz CT molecular complexity index is 574. The van der Waals surface area contributed by atoms with Crippen molar-refractivity contribution >= 4 is 44.6 Å². The summed E-state index contributed by atoms with van der Waals surface area (Å²) in [4.78, 5) is 1.20. The van der Waals surface area contributed by atoms with Crippen molar-refractivity contribution in [3.05, 3.63) is 49.6 Å². The molecule has 0 radical (unpaired) electrons. The molecule has 17 heavy (non-hydrogen) atoms. The van der Waals surface area contributed by atoms with Gasteiger partial charge in [-0.25, -0.2) is 0 Å². The highest BCUT2D eigenvalue weighted by Crippen LogP contribution is 2.25. The molecule has 1 heterocycles. The largest absolute Gasteiger partial charge is 0.379 e. The zero-order valence-corrected chi connectivity index (χ0v) is 11.9. The number of nitrogens with zero attached hydrogens (tertiary/aromatic N) is 1. The van der Waals surface area contributed by atoms with Crippen LogP contribution < -0.4 is 5.32 Å². The molecule has 0 saturated heterocycles. The van der Waals surface area contributed by atoms with E-state index >= 15 is 0 Å². The molecule has 0 saturated carbocycles.